The van der Waals surface area contributed by atoms with Crippen molar-refractivity contribution in [2.75, 3.05) is 5.75 Å². The van der Waals surface area contributed by atoms with E-state index >= 15 is 0 Å². The SMILES string of the molecule is NC(=O)c1ccccc1C[CH]CS. The molecule has 0 spiro atoms. The molecule has 2 N–H and O–H groups in total. The van der Waals surface area contributed by atoms with Crippen molar-refractivity contribution in [2.24, 2.45) is 5.73 Å². The minimum Gasteiger partial charge on any atom is -0.366 e. The summed E-state index contributed by atoms with van der Waals surface area (Å²) in [6.45, 7) is 0. The van der Waals surface area contributed by atoms with Crippen molar-refractivity contribution in [3.05, 3.63) is 41.8 Å². The first-order valence-electron chi connectivity index (χ1n) is 4.06. The molecular formula is C10H12NOS. The summed E-state index contributed by atoms with van der Waals surface area (Å²) in [5.41, 5.74) is 6.77. The summed E-state index contributed by atoms with van der Waals surface area (Å²) in [7, 11) is 0. The second-order valence-corrected chi connectivity index (χ2v) is 3.06. The fourth-order valence-corrected chi connectivity index (χ4v) is 1.29. The Balaban J connectivity index is 2.84. The monoisotopic (exact) mass is 194 g/mol. The van der Waals surface area contributed by atoms with Gasteiger partial charge >= 0.3 is 0 Å². The maximum absolute atomic E-state index is 11.0. The zero-order chi connectivity index (χ0) is 9.68. The molecule has 1 rings (SSSR count). The Bertz CT molecular complexity index is 299. The minimum atomic E-state index is -0.372. The van der Waals surface area contributed by atoms with E-state index in [2.05, 4.69) is 12.6 Å². The molecule has 0 aliphatic heterocycles. The molecule has 0 saturated heterocycles. The molecule has 1 aromatic carbocycles. The Kier molecular flexibility index (Phi) is 3.83. The Morgan fingerprint density at radius 2 is 2.15 bits per heavy atom. The van der Waals surface area contributed by atoms with E-state index in [9.17, 15) is 4.79 Å². The van der Waals surface area contributed by atoms with Crippen LogP contribution in [-0.4, -0.2) is 11.7 Å². The van der Waals surface area contributed by atoms with Crippen LogP contribution >= 0.6 is 12.6 Å². The van der Waals surface area contributed by atoms with E-state index in [0.29, 0.717) is 11.3 Å². The topological polar surface area (TPSA) is 43.1 Å². The summed E-state index contributed by atoms with van der Waals surface area (Å²) in [4.78, 5) is 11.0. The normalized spacial score (nSPS) is 9.92. The molecular weight excluding hydrogens is 182 g/mol. The van der Waals surface area contributed by atoms with Gasteiger partial charge in [0.2, 0.25) is 5.91 Å². The van der Waals surface area contributed by atoms with Crippen LogP contribution in [0.15, 0.2) is 24.3 Å². The van der Waals surface area contributed by atoms with E-state index in [1.165, 1.54) is 0 Å². The first-order valence-corrected chi connectivity index (χ1v) is 4.69. The van der Waals surface area contributed by atoms with Crippen LogP contribution in [0.2, 0.25) is 0 Å². The Morgan fingerprint density at radius 1 is 1.46 bits per heavy atom. The molecule has 0 fully saturated rings. The molecule has 0 saturated carbocycles. The summed E-state index contributed by atoms with van der Waals surface area (Å²) >= 11 is 4.07. The lowest BCUT2D eigenvalue weighted by Crippen LogP contribution is -2.13. The van der Waals surface area contributed by atoms with Crippen LogP contribution in [-0.2, 0) is 6.42 Å². The molecule has 1 amide bonds. The average molecular weight is 194 g/mol. The molecule has 69 valence electrons. The van der Waals surface area contributed by atoms with Crippen LogP contribution in [0.3, 0.4) is 0 Å². The van der Waals surface area contributed by atoms with E-state index in [-0.39, 0.29) is 5.91 Å². The Labute approximate surface area is 83.5 Å². The molecule has 1 aromatic rings. The van der Waals surface area contributed by atoms with Crippen molar-refractivity contribution in [1.82, 2.24) is 0 Å². The number of hydrogen-bond acceptors (Lipinski definition) is 2. The van der Waals surface area contributed by atoms with Crippen LogP contribution in [0.4, 0.5) is 0 Å². The second-order valence-electron chi connectivity index (χ2n) is 2.70. The van der Waals surface area contributed by atoms with Gasteiger partial charge in [0.25, 0.3) is 0 Å². The van der Waals surface area contributed by atoms with Gasteiger partial charge in [0.05, 0.1) is 0 Å². The molecule has 0 aliphatic rings. The van der Waals surface area contributed by atoms with E-state index in [0.717, 1.165) is 12.0 Å². The molecule has 0 bridgehead atoms. The fraction of sp³-hybridized carbons (Fsp3) is 0.200. The van der Waals surface area contributed by atoms with Gasteiger partial charge in [-0.25, -0.2) is 0 Å². The van der Waals surface area contributed by atoms with Crippen LogP contribution < -0.4 is 5.73 Å². The van der Waals surface area contributed by atoms with Gasteiger partial charge in [-0.1, -0.05) is 18.2 Å². The lowest BCUT2D eigenvalue weighted by molar-refractivity contribution is 0.0999. The predicted molar refractivity (Wildman–Crippen MR) is 56.8 cm³/mol. The number of nitrogens with two attached hydrogens (primary N) is 1. The summed E-state index contributed by atoms with van der Waals surface area (Å²) in [5, 5.41) is 0. The minimum absolute atomic E-state index is 0.372. The number of rotatable bonds is 4. The third-order valence-electron chi connectivity index (χ3n) is 1.78. The van der Waals surface area contributed by atoms with E-state index in [4.69, 9.17) is 5.73 Å². The number of hydrogen-bond donors (Lipinski definition) is 2. The molecule has 1 radical (unpaired) electrons. The van der Waals surface area contributed by atoms with E-state index < -0.39 is 0 Å². The standard InChI is InChI=1S/C10H12NOS/c11-10(12)9-6-2-1-4-8(9)5-3-7-13/h1-4,6,13H,5,7H2,(H2,11,12). The largest absolute Gasteiger partial charge is 0.366 e. The van der Waals surface area contributed by atoms with E-state index in [1.54, 1.807) is 6.07 Å². The van der Waals surface area contributed by atoms with Crippen molar-refractivity contribution in [2.45, 2.75) is 6.42 Å². The fourth-order valence-electron chi connectivity index (χ4n) is 1.16. The van der Waals surface area contributed by atoms with Gasteiger partial charge in [0.1, 0.15) is 0 Å². The maximum Gasteiger partial charge on any atom is 0.248 e. The first-order chi connectivity index (χ1) is 6.25. The summed E-state index contributed by atoms with van der Waals surface area (Å²) < 4.78 is 0. The third kappa shape index (κ3) is 2.77. The molecule has 3 heteroatoms. The summed E-state index contributed by atoms with van der Waals surface area (Å²) in [6, 6.07) is 7.35. The molecule has 0 unspecified atom stereocenters. The van der Waals surface area contributed by atoms with Gasteiger partial charge in [-0.05, 0) is 30.2 Å². The van der Waals surface area contributed by atoms with Crippen LogP contribution in [0.1, 0.15) is 15.9 Å². The number of primary amides is 1. The molecule has 13 heavy (non-hydrogen) atoms. The highest BCUT2D eigenvalue weighted by Crippen LogP contribution is 2.10. The van der Waals surface area contributed by atoms with Crippen LogP contribution in [0, 0.1) is 6.42 Å². The van der Waals surface area contributed by atoms with Gasteiger partial charge in [-0.2, -0.15) is 12.6 Å². The molecule has 0 aromatic heterocycles. The zero-order valence-corrected chi connectivity index (χ0v) is 8.13. The summed E-state index contributed by atoms with van der Waals surface area (Å²) in [5.74, 6) is 0.329. The number of thiol groups is 1. The van der Waals surface area contributed by atoms with Gasteiger partial charge in [0, 0.05) is 5.56 Å². The number of benzene rings is 1. The third-order valence-corrected chi connectivity index (χ3v) is 2.03. The van der Waals surface area contributed by atoms with Crippen molar-refractivity contribution in [3.63, 3.8) is 0 Å². The average Bonchev–Trinajstić information content (AvgIpc) is 2.15. The van der Waals surface area contributed by atoms with Gasteiger partial charge < -0.3 is 5.73 Å². The van der Waals surface area contributed by atoms with Crippen molar-refractivity contribution in [1.29, 1.82) is 0 Å². The smallest absolute Gasteiger partial charge is 0.248 e. The van der Waals surface area contributed by atoms with Gasteiger partial charge in [-0.3, -0.25) is 4.79 Å². The number of carbonyl (C=O) groups excluding carboxylic acids is 1. The lowest BCUT2D eigenvalue weighted by atomic mass is 10.0. The van der Waals surface area contributed by atoms with Gasteiger partial charge in [0.15, 0.2) is 0 Å². The van der Waals surface area contributed by atoms with Crippen LogP contribution in [0.5, 0.6) is 0 Å². The Morgan fingerprint density at radius 3 is 2.77 bits per heavy atom. The highest BCUT2D eigenvalue weighted by atomic mass is 32.1. The lowest BCUT2D eigenvalue weighted by Gasteiger charge is -2.04. The Hall–Kier alpha value is -0.960. The quantitative estimate of drug-likeness (QED) is 0.700. The molecule has 0 aliphatic carbocycles. The molecule has 2 nitrogen and oxygen atoms in total. The van der Waals surface area contributed by atoms with Crippen molar-refractivity contribution >= 4 is 18.5 Å². The second kappa shape index (κ2) is 4.92. The highest BCUT2D eigenvalue weighted by molar-refractivity contribution is 7.80. The van der Waals surface area contributed by atoms with Crippen molar-refractivity contribution < 1.29 is 4.79 Å². The van der Waals surface area contributed by atoms with Gasteiger partial charge in [-0.15, -0.1) is 0 Å². The first kappa shape index (κ1) is 10.1. The maximum atomic E-state index is 11.0. The number of carbonyl (C=O) groups is 1. The molecule has 0 atom stereocenters. The van der Waals surface area contributed by atoms with Crippen molar-refractivity contribution in [3.8, 4) is 0 Å². The summed E-state index contributed by atoms with van der Waals surface area (Å²) in [6.07, 6.45) is 2.73. The molecule has 0 heterocycles. The zero-order valence-electron chi connectivity index (χ0n) is 7.23. The van der Waals surface area contributed by atoms with Crippen LogP contribution in [0.25, 0.3) is 0 Å². The van der Waals surface area contributed by atoms with E-state index in [1.807, 2.05) is 24.6 Å². The predicted octanol–water partition coefficient (Wildman–Crippen LogP) is 1.46. The highest BCUT2D eigenvalue weighted by Gasteiger charge is 2.05. The number of amides is 1.